The van der Waals surface area contributed by atoms with E-state index in [1.54, 1.807) is 10.4 Å². The molecule has 0 amide bonds. The van der Waals surface area contributed by atoms with E-state index in [0.29, 0.717) is 5.41 Å². The Morgan fingerprint density at radius 2 is 2.08 bits per heavy atom. The van der Waals surface area contributed by atoms with Crippen molar-refractivity contribution >= 4 is 17.0 Å². The van der Waals surface area contributed by atoms with E-state index in [1.165, 1.54) is 55.4 Å². The lowest BCUT2D eigenvalue weighted by Gasteiger charge is -2.30. The molecule has 0 atom stereocenters. The molecule has 0 spiro atoms. The Hall–Kier alpha value is -1.02. The Bertz CT molecular complexity index is 575. The SMILES string of the molecule is C=C(NCCCC)c1c(C)sc2c1CC(C)(C)CC2.C=CC1CC1. The number of hydrogen-bond donors (Lipinski definition) is 1. The summed E-state index contributed by atoms with van der Waals surface area (Å²) in [7, 11) is 0. The minimum absolute atomic E-state index is 0.443. The molecule has 0 aliphatic heterocycles. The molecule has 0 unspecified atom stereocenters. The highest BCUT2D eigenvalue weighted by Crippen LogP contribution is 2.42. The Kier molecular flexibility index (Phi) is 6.74. The molecule has 1 fully saturated rings. The van der Waals surface area contributed by atoms with Gasteiger partial charge in [-0.1, -0.05) is 39.8 Å². The van der Waals surface area contributed by atoms with Crippen LogP contribution < -0.4 is 5.32 Å². The summed E-state index contributed by atoms with van der Waals surface area (Å²) >= 11 is 1.98. The number of hydrogen-bond acceptors (Lipinski definition) is 2. The van der Waals surface area contributed by atoms with E-state index < -0.39 is 0 Å². The lowest BCUT2D eigenvalue weighted by Crippen LogP contribution is -2.22. The second kappa shape index (κ2) is 8.38. The fourth-order valence-corrected chi connectivity index (χ4v) is 4.51. The van der Waals surface area contributed by atoms with Gasteiger partial charge in [-0.25, -0.2) is 0 Å². The number of unbranched alkanes of at least 4 members (excludes halogenated alkanes) is 1. The minimum atomic E-state index is 0.443. The van der Waals surface area contributed by atoms with Gasteiger partial charge in [0.15, 0.2) is 0 Å². The maximum atomic E-state index is 4.28. The zero-order valence-electron chi connectivity index (χ0n) is 16.1. The third kappa shape index (κ3) is 5.24. The third-order valence-corrected chi connectivity index (χ3v) is 6.28. The van der Waals surface area contributed by atoms with E-state index in [4.69, 9.17) is 0 Å². The average Bonchev–Trinajstić information content (AvgIpc) is 3.30. The van der Waals surface area contributed by atoms with Gasteiger partial charge in [-0.2, -0.15) is 0 Å². The molecule has 0 radical (unpaired) electrons. The molecular formula is C22H35NS. The van der Waals surface area contributed by atoms with E-state index in [2.05, 4.69) is 46.2 Å². The number of aryl methyl sites for hydroxylation is 2. The van der Waals surface area contributed by atoms with Crippen LogP contribution in [0.4, 0.5) is 0 Å². The van der Waals surface area contributed by atoms with E-state index in [-0.39, 0.29) is 0 Å². The van der Waals surface area contributed by atoms with Crippen LogP contribution in [0.25, 0.3) is 5.70 Å². The fourth-order valence-electron chi connectivity index (χ4n) is 3.29. The molecule has 2 heteroatoms. The molecule has 1 heterocycles. The Balaban J connectivity index is 0.000000355. The Morgan fingerprint density at radius 3 is 2.62 bits per heavy atom. The van der Waals surface area contributed by atoms with Crippen LogP contribution >= 0.6 is 11.3 Å². The highest BCUT2D eigenvalue weighted by molar-refractivity contribution is 7.12. The van der Waals surface area contributed by atoms with Gasteiger partial charge in [0.1, 0.15) is 0 Å². The minimum Gasteiger partial charge on any atom is -0.385 e. The smallest absolute Gasteiger partial charge is 0.0354 e. The zero-order valence-corrected chi connectivity index (χ0v) is 17.0. The van der Waals surface area contributed by atoms with Gasteiger partial charge < -0.3 is 5.32 Å². The normalized spacial score (nSPS) is 18.2. The van der Waals surface area contributed by atoms with Gasteiger partial charge in [0, 0.05) is 27.6 Å². The molecule has 1 nitrogen and oxygen atoms in total. The first-order valence-corrected chi connectivity index (χ1v) is 10.4. The van der Waals surface area contributed by atoms with Crippen molar-refractivity contribution in [2.24, 2.45) is 11.3 Å². The molecule has 3 rings (SSSR count). The first-order chi connectivity index (χ1) is 11.4. The second-order valence-electron chi connectivity index (χ2n) is 8.11. The summed E-state index contributed by atoms with van der Waals surface area (Å²) in [6, 6.07) is 0. The van der Waals surface area contributed by atoms with Crippen LogP contribution in [0.15, 0.2) is 19.2 Å². The van der Waals surface area contributed by atoms with E-state index in [9.17, 15) is 0 Å². The number of allylic oxidation sites excluding steroid dienone is 1. The summed E-state index contributed by atoms with van der Waals surface area (Å²) < 4.78 is 0. The Morgan fingerprint density at radius 1 is 1.38 bits per heavy atom. The van der Waals surface area contributed by atoms with Crippen molar-refractivity contribution in [2.75, 3.05) is 6.54 Å². The predicted molar refractivity (Wildman–Crippen MR) is 110 cm³/mol. The fraction of sp³-hybridized carbons (Fsp3) is 0.636. The van der Waals surface area contributed by atoms with Crippen LogP contribution in [0, 0.1) is 18.3 Å². The summed E-state index contributed by atoms with van der Waals surface area (Å²) in [4.78, 5) is 3.04. The van der Waals surface area contributed by atoms with Gasteiger partial charge >= 0.3 is 0 Å². The third-order valence-electron chi connectivity index (χ3n) is 5.08. The van der Waals surface area contributed by atoms with Crippen molar-refractivity contribution in [2.45, 2.75) is 72.6 Å². The largest absolute Gasteiger partial charge is 0.385 e. The van der Waals surface area contributed by atoms with Gasteiger partial charge in [0.25, 0.3) is 0 Å². The first kappa shape index (κ1) is 19.3. The topological polar surface area (TPSA) is 12.0 Å². The summed E-state index contributed by atoms with van der Waals surface area (Å²) in [5, 5.41) is 3.52. The summed E-state index contributed by atoms with van der Waals surface area (Å²) in [6.45, 7) is 18.2. The van der Waals surface area contributed by atoms with Gasteiger partial charge in [0.2, 0.25) is 0 Å². The number of rotatable bonds is 6. The van der Waals surface area contributed by atoms with Crippen molar-refractivity contribution < 1.29 is 0 Å². The highest BCUT2D eigenvalue weighted by Gasteiger charge is 2.30. The molecule has 0 bridgehead atoms. The average molecular weight is 346 g/mol. The molecule has 2 aliphatic carbocycles. The summed E-state index contributed by atoms with van der Waals surface area (Å²) in [5.74, 6) is 0.898. The van der Waals surface area contributed by atoms with Crippen molar-refractivity contribution in [3.8, 4) is 0 Å². The standard InChI is InChI=1S/C17H27NS.C5H8/c1-6-7-10-18-12(2)16-13(3)19-15-8-9-17(4,5)11-14(15)16;1-2-5-3-4-5/h18H,2,6-11H2,1,3-5H3;2,5H,1,3-4H2. The second-order valence-corrected chi connectivity index (χ2v) is 9.42. The molecule has 1 saturated carbocycles. The Labute approximate surface area is 153 Å². The number of nitrogens with one attached hydrogen (secondary N) is 1. The van der Waals surface area contributed by atoms with Crippen LogP contribution in [0.1, 0.15) is 73.8 Å². The zero-order chi connectivity index (χ0) is 17.7. The molecule has 1 N–H and O–H groups in total. The number of fused-ring (bicyclic) bond motifs is 1. The molecule has 2 aliphatic rings. The maximum Gasteiger partial charge on any atom is 0.0354 e. The molecule has 24 heavy (non-hydrogen) atoms. The van der Waals surface area contributed by atoms with Crippen LogP contribution in [-0.2, 0) is 12.8 Å². The quantitative estimate of drug-likeness (QED) is 0.457. The van der Waals surface area contributed by atoms with Crippen LogP contribution in [0.5, 0.6) is 0 Å². The molecule has 1 aromatic rings. The van der Waals surface area contributed by atoms with Crippen molar-refractivity contribution in [3.05, 3.63) is 40.1 Å². The summed E-state index contributed by atoms with van der Waals surface area (Å²) in [6.07, 6.45) is 11.0. The molecule has 0 aromatic carbocycles. The monoisotopic (exact) mass is 345 g/mol. The number of thiophene rings is 1. The van der Waals surface area contributed by atoms with E-state index in [0.717, 1.165) is 18.2 Å². The van der Waals surface area contributed by atoms with Crippen molar-refractivity contribution in [1.82, 2.24) is 5.32 Å². The summed E-state index contributed by atoms with van der Waals surface area (Å²) in [5.41, 5.74) is 4.58. The van der Waals surface area contributed by atoms with E-state index in [1.807, 2.05) is 17.4 Å². The lowest BCUT2D eigenvalue weighted by molar-refractivity contribution is 0.317. The van der Waals surface area contributed by atoms with Gasteiger partial charge in [-0.05, 0) is 62.3 Å². The van der Waals surface area contributed by atoms with Crippen molar-refractivity contribution in [1.29, 1.82) is 0 Å². The van der Waals surface area contributed by atoms with E-state index >= 15 is 0 Å². The molecule has 0 saturated heterocycles. The van der Waals surface area contributed by atoms with Gasteiger partial charge in [-0.3, -0.25) is 0 Å². The first-order valence-electron chi connectivity index (χ1n) is 9.54. The van der Waals surface area contributed by atoms with Crippen LogP contribution in [0.2, 0.25) is 0 Å². The predicted octanol–water partition coefficient (Wildman–Crippen LogP) is 6.51. The van der Waals surface area contributed by atoms with Crippen LogP contribution in [-0.4, -0.2) is 6.54 Å². The van der Waals surface area contributed by atoms with Gasteiger partial charge in [-0.15, -0.1) is 17.9 Å². The van der Waals surface area contributed by atoms with Gasteiger partial charge in [0.05, 0.1) is 0 Å². The molecular weight excluding hydrogens is 310 g/mol. The lowest BCUT2D eigenvalue weighted by atomic mass is 9.75. The molecule has 1 aromatic heterocycles. The maximum absolute atomic E-state index is 4.28. The van der Waals surface area contributed by atoms with Crippen LogP contribution in [0.3, 0.4) is 0 Å². The molecule has 134 valence electrons. The highest BCUT2D eigenvalue weighted by atomic mass is 32.1. The van der Waals surface area contributed by atoms with Crippen molar-refractivity contribution in [3.63, 3.8) is 0 Å².